The molecule has 1 fully saturated rings. The van der Waals surface area contributed by atoms with Crippen LogP contribution in [0.25, 0.3) is 20.9 Å². The Morgan fingerprint density at radius 2 is 1.11 bits per heavy atom. The monoisotopic (exact) mass is 494 g/mol. The maximum Gasteiger partial charge on any atom is 0.161 e. The molecule has 2 aliphatic rings. The van der Waals surface area contributed by atoms with E-state index in [0.29, 0.717) is 37.9 Å². The van der Waals surface area contributed by atoms with Gasteiger partial charge in [-0.2, -0.15) is 0 Å². The molecular formula is C21H30N6O8. The Morgan fingerprint density at radius 3 is 1.57 bits per heavy atom. The van der Waals surface area contributed by atoms with Crippen LogP contribution in [0.5, 0.6) is 11.5 Å². The van der Waals surface area contributed by atoms with Crippen molar-refractivity contribution in [1.29, 1.82) is 0 Å². The third-order valence-electron chi connectivity index (χ3n) is 5.17. The van der Waals surface area contributed by atoms with Gasteiger partial charge in [0.2, 0.25) is 0 Å². The highest BCUT2D eigenvalue weighted by molar-refractivity contribution is 5.39. The summed E-state index contributed by atoms with van der Waals surface area (Å²) < 4.78 is 46.4. The molecule has 35 heavy (non-hydrogen) atoms. The van der Waals surface area contributed by atoms with Crippen molar-refractivity contribution in [2.24, 2.45) is 10.2 Å². The quantitative estimate of drug-likeness (QED) is 0.349. The molecule has 14 nitrogen and oxygen atoms in total. The molecule has 14 heteroatoms. The predicted molar refractivity (Wildman–Crippen MR) is 121 cm³/mol. The molecule has 0 unspecified atom stereocenters. The van der Waals surface area contributed by atoms with E-state index in [1.807, 2.05) is 24.3 Å². The van der Waals surface area contributed by atoms with Crippen molar-refractivity contribution in [2.45, 2.75) is 24.4 Å². The van der Waals surface area contributed by atoms with Gasteiger partial charge in [0.25, 0.3) is 0 Å². The molecule has 0 spiro atoms. The van der Waals surface area contributed by atoms with Crippen molar-refractivity contribution < 1.29 is 37.9 Å². The summed E-state index contributed by atoms with van der Waals surface area (Å²) in [5.41, 5.74) is 17.6. The first-order valence-corrected chi connectivity index (χ1v) is 11.3. The van der Waals surface area contributed by atoms with Crippen molar-refractivity contribution >= 4 is 0 Å². The maximum absolute atomic E-state index is 8.78. The van der Waals surface area contributed by atoms with E-state index in [2.05, 4.69) is 20.1 Å². The average Bonchev–Trinajstić information content (AvgIpc) is 3.04. The van der Waals surface area contributed by atoms with Crippen LogP contribution < -0.4 is 9.47 Å². The lowest BCUT2D eigenvalue weighted by Crippen LogP contribution is -2.49. The summed E-state index contributed by atoms with van der Waals surface area (Å²) in [6, 6.07) is 7.40. The molecule has 1 aromatic carbocycles. The number of azide groups is 2. The average molecular weight is 495 g/mol. The van der Waals surface area contributed by atoms with Gasteiger partial charge in [0.15, 0.2) is 11.5 Å². The highest BCUT2D eigenvalue weighted by Crippen LogP contribution is 2.26. The van der Waals surface area contributed by atoms with Crippen LogP contribution >= 0.6 is 0 Å². The molecule has 0 aromatic heterocycles. The van der Waals surface area contributed by atoms with E-state index in [4.69, 9.17) is 49.0 Å². The molecule has 0 aliphatic carbocycles. The van der Waals surface area contributed by atoms with Crippen molar-refractivity contribution in [3.05, 3.63) is 45.2 Å². The van der Waals surface area contributed by atoms with Crippen molar-refractivity contribution in [3.63, 3.8) is 0 Å². The highest BCUT2D eigenvalue weighted by atomic mass is 16.7. The molecule has 2 aliphatic heterocycles. The van der Waals surface area contributed by atoms with Gasteiger partial charge in [-0.15, -0.1) is 0 Å². The van der Waals surface area contributed by atoms with Gasteiger partial charge in [-0.1, -0.05) is 22.4 Å². The zero-order valence-electron chi connectivity index (χ0n) is 19.3. The number of hydrogen-bond donors (Lipinski definition) is 0. The second kappa shape index (κ2) is 16.0. The first-order chi connectivity index (χ1) is 17.3. The lowest BCUT2D eigenvalue weighted by molar-refractivity contribution is -0.140. The summed E-state index contributed by atoms with van der Waals surface area (Å²) in [5.74, 6) is 1.25. The van der Waals surface area contributed by atoms with Crippen LogP contribution in [0.1, 0.15) is 0 Å². The largest absolute Gasteiger partial charge is 0.487 e. The van der Waals surface area contributed by atoms with E-state index in [-0.39, 0.29) is 46.3 Å². The molecule has 4 atom stereocenters. The fraction of sp³-hybridized carbons (Fsp3) is 0.714. The normalized spacial score (nSPS) is 27.0. The van der Waals surface area contributed by atoms with Crippen molar-refractivity contribution in [1.82, 2.24) is 0 Å². The topological polar surface area (TPSA) is 171 Å². The minimum absolute atomic E-state index is 0.0145. The Bertz CT molecular complexity index is 784. The Hall–Kier alpha value is -2.80. The first kappa shape index (κ1) is 26.8. The van der Waals surface area contributed by atoms with Gasteiger partial charge in [-0.05, 0) is 23.2 Å². The third kappa shape index (κ3) is 9.06. The number of nitrogens with zero attached hydrogens (tertiary/aromatic N) is 6. The molecular weight excluding hydrogens is 464 g/mol. The molecule has 0 bridgehead atoms. The number of hydrogen-bond acceptors (Lipinski definition) is 10. The van der Waals surface area contributed by atoms with Gasteiger partial charge in [0.05, 0.1) is 64.9 Å². The Kier molecular flexibility index (Phi) is 12.2. The van der Waals surface area contributed by atoms with Crippen LogP contribution in [-0.4, -0.2) is 97.2 Å². The maximum atomic E-state index is 8.78. The molecule has 1 saturated heterocycles. The van der Waals surface area contributed by atoms with E-state index >= 15 is 0 Å². The number of ether oxygens (including phenoxy) is 8. The van der Waals surface area contributed by atoms with Gasteiger partial charge < -0.3 is 37.9 Å². The molecule has 0 saturated carbocycles. The Balaban J connectivity index is 1.69. The van der Waals surface area contributed by atoms with Gasteiger partial charge in [-0.25, -0.2) is 0 Å². The molecule has 192 valence electrons. The molecule has 0 N–H and O–H groups in total. The van der Waals surface area contributed by atoms with Crippen LogP contribution in [-0.2, 0) is 28.4 Å². The smallest absolute Gasteiger partial charge is 0.161 e. The van der Waals surface area contributed by atoms with E-state index in [0.717, 1.165) is 0 Å². The second-order valence-electron chi connectivity index (χ2n) is 7.39. The zero-order chi connectivity index (χ0) is 24.6. The van der Waals surface area contributed by atoms with Gasteiger partial charge in [0.1, 0.15) is 32.2 Å². The second-order valence-corrected chi connectivity index (χ2v) is 7.39. The summed E-state index contributed by atoms with van der Waals surface area (Å²) in [4.78, 5) is 5.63. The molecule has 2 heterocycles. The van der Waals surface area contributed by atoms with Crippen LogP contribution in [0.2, 0.25) is 0 Å². The lowest BCUT2D eigenvalue weighted by Gasteiger charge is -2.32. The Labute approximate surface area is 202 Å². The molecule has 1 aromatic rings. The van der Waals surface area contributed by atoms with Crippen LogP contribution in [0.4, 0.5) is 0 Å². The SMILES string of the molecule is [N-]=[N+]=NC[C@H]1OCO[C@H](CN=[N+]=[N-])[C@H]2OCCOCCOc3ccccc3OCCOCCO[C@H]21. The summed E-state index contributed by atoms with van der Waals surface area (Å²) in [7, 11) is 0. The minimum Gasteiger partial charge on any atom is -0.487 e. The van der Waals surface area contributed by atoms with Gasteiger partial charge in [-0.3, -0.25) is 0 Å². The molecule has 3 rings (SSSR count). The summed E-state index contributed by atoms with van der Waals surface area (Å²) in [6.07, 6.45) is -2.61. The number of fused-ring (bicyclic) bond motifs is 2. The van der Waals surface area contributed by atoms with E-state index in [1.54, 1.807) is 0 Å². The van der Waals surface area contributed by atoms with E-state index in [9.17, 15) is 0 Å². The lowest BCUT2D eigenvalue weighted by atomic mass is 10.0. The number of rotatable bonds is 4. The van der Waals surface area contributed by atoms with Crippen LogP contribution in [0, 0.1) is 0 Å². The fourth-order valence-electron chi connectivity index (χ4n) is 3.58. The fourth-order valence-corrected chi connectivity index (χ4v) is 3.58. The Morgan fingerprint density at radius 1 is 0.657 bits per heavy atom. The third-order valence-corrected chi connectivity index (χ3v) is 5.17. The van der Waals surface area contributed by atoms with Crippen LogP contribution in [0.3, 0.4) is 0 Å². The van der Waals surface area contributed by atoms with Gasteiger partial charge >= 0.3 is 0 Å². The number of para-hydroxylation sites is 2. The van der Waals surface area contributed by atoms with E-state index < -0.39 is 24.4 Å². The summed E-state index contributed by atoms with van der Waals surface area (Å²) in [5, 5.41) is 7.26. The highest BCUT2D eigenvalue weighted by Gasteiger charge is 2.40. The standard InChI is InChI=1S/C21H30N6O8/c22-26-24-13-18-20-21(19(14-25-27-23)35-15-34-18)33-12-8-29-6-10-31-17-4-2-1-3-16(17)30-9-5-28-7-11-32-20/h1-4,18-21H,5-15H2/t18-,19-,20-,21+/m1/s1. The van der Waals surface area contributed by atoms with Gasteiger partial charge in [0, 0.05) is 9.82 Å². The number of benzene rings is 1. The van der Waals surface area contributed by atoms with Crippen molar-refractivity contribution in [2.75, 3.05) is 72.7 Å². The molecule has 0 radical (unpaired) electrons. The van der Waals surface area contributed by atoms with Crippen molar-refractivity contribution in [3.8, 4) is 11.5 Å². The summed E-state index contributed by atoms with van der Waals surface area (Å²) in [6.45, 7) is 2.26. The van der Waals surface area contributed by atoms with Crippen LogP contribution in [0.15, 0.2) is 34.5 Å². The predicted octanol–water partition coefficient (Wildman–Crippen LogP) is 2.62. The minimum atomic E-state index is -0.671. The first-order valence-electron chi connectivity index (χ1n) is 11.3. The zero-order valence-corrected chi connectivity index (χ0v) is 19.3. The molecule has 0 amide bonds. The summed E-state index contributed by atoms with van der Waals surface area (Å²) >= 11 is 0. The van der Waals surface area contributed by atoms with E-state index in [1.165, 1.54) is 0 Å².